The standard InChI is InChI=1S/C22H26N2O3/c1-13(2)17-11-25-21(23-17)9-19-15-7-5-6-8-16(15)20(27-19)10-22-24-18(12-26-22)14(3)4/h5-10,13-14,17-18H,11-12H2,1-4H3/b19-9-,20-10-/t17-,18-/m1/s1. The lowest BCUT2D eigenvalue weighted by Gasteiger charge is -2.06. The molecule has 0 spiro atoms. The molecule has 4 rings (SSSR count). The smallest absolute Gasteiger partial charge is 0.212 e. The first-order chi connectivity index (χ1) is 13.0. The molecule has 0 N–H and O–H groups in total. The van der Waals surface area contributed by atoms with Crippen LogP contribution in [0, 0.1) is 11.8 Å². The van der Waals surface area contributed by atoms with Crippen LogP contribution < -0.4 is 10.8 Å². The first-order valence-electron chi connectivity index (χ1n) is 9.63. The van der Waals surface area contributed by atoms with Crippen molar-refractivity contribution in [3.63, 3.8) is 0 Å². The van der Waals surface area contributed by atoms with Crippen molar-refractivity contribution in [3.05, 3.63) is 35.1 Å². The predicted octanol–water partition coefficient (Wildman–Crippen LogP) is 2.90. The van der Waals surface area contributed by atoms with Crippen LogP contribution in [0.15, 0.2) is 38.7 Å². The number of hydrogen-bond donors (Lipinski definition) is 0. The van der Waals surface area contributed by atoms with Crippen LogP contribution in [-0.4, -0.2) is 37.1 Å². The Morgan fingerprint density at radius 3 is 1.63 bits per heavy atom. The lowest BCUT2D eigenvalue weighted by Crippen LogP contribution is -2.13. The van der Waals surface area contributed by atoms with Crippen LogP contribution in [0.25, 0.3) is 22.9 Å². The molecule has 27 heavy (non-hydrogen) atoms. The minimum atomic E-state index is 0.206. The molecule has 2 aliphatic heterocycles. The fourth-order valence-electron chi connectivity index (χ4n) is 3.24. The van der Waals surface area contributed by atoms with Crippen LogP contribution in [-0.2, 0) is 9.47 Å². The third-order valence-electron chi connectivity index (χ3n) is 5.12. The van der Waals surface area contributed by atoms with Gasteiger partial charge in [0.2, 0.25) is 11.8 Å². The maximum atomic E-state index is 6.15. The molecule has 0 radical (unpaired) electrons. The van der Waals surface area contributed by atoms with Gasteiger partial charge in [0.05, 0.1) is 12.1 Å². The summed E-state index contributed by atoms with van der Waals surface area (Å²) in [6, 6.07) is 8.52. The van der Waals surface area contributed by atoms with E-state index in [-0.39, 0.29) is 12.1 Å². The zero-order chi connectivity index (χ0) is 19.0. The van der Waals surface area contributed by atoms with Crippen molar-refractivity contribution in [3.8, 4) is 0 Å². The number of nitrogens with zero attached hydrogens (tertiary/aromatic N) is 2. The van der Waals surface area contributed by atoms with Gasteiger partial charge < -0.3 is 13.9 Å². The van der Waals surface area contributed by atoms with Gasteiger partial charge in [0, 0.05) is 22.9 Å². The molecule has 5 heteroatoms. The van der Waals surface area contributed by atoms with Gasteiger partial charge in [-0.05, 0) is 11.8 Å². The van der Waals surface area contributed by atoms with Crippen LogP contribution in [0.5, 0.6) is 0 Å². The average Bonchev–Trinajstić information content (AvgIpc) is 3.36. The second-order valence-electron chi connectivity index (χ2n) is 7.84. The summed E-state index contributed by atoms with van der Waals surface area (Å²) in [7, 11) is 0. The van der Waals surface area contributed by atoms with Crippen LogP contribution in [0.2, 0.25) is 0 Å². The molecule has 2 aliphatic rings. The minimum absolute atomic E-state index is 0.206. The molecule has 0 amide bonds. The Morgan fingerprint density at radius 1 is 0.815 bits per heavy atom. The number of aliphatic imine (C=N–C) groups is 2. The molecule has 0 fully saturated rings. The van der Waals surface area contributed by atoms with Crippen molar-refractivity contribution >= 4 is 34.7 Å². The van der Waals surface area contributed by atoms with E-state index in [1.54, 1.807) is 0 Å². The molecular weight excluding hydrogens is 340 g/mol. The SMILES string of the molecule is CC(C)[C@H]1COC(/C=c2\o/c(=C\C3=N[C@@H](C(C)C)CO3)c3ccccc23)=N1. The quantitative estimate of drug-likeness (QED) is 0.836. The van der Waals surface area contributed by atoms with Crippen molar-refractivity contribution in [1.29, 1.82) is 0 Å². The van der Waals surface area contributed by atoms with E-state index in [1.807, 2.05) is 36.4 Å². The van der Waals surface area contributed by atoms with E-state index in [0.29, 0.717) is 36.8 Å². The van der Waals surface area contributed by atoms with Gasteiger partial charge in [0.15, 0.2) is 0 Å². The summed E-state index contributed by atoms with van der Waals surface area (Å²) in [5, 5.41) is 2.06. The van der Waals surface area contributed by atoms with Crippen molar-refractivity contribution < 1.29 is 13.9 Å². The highest BCUT2D eigenvalue weighted by atomic mass is 16.5. The molecule has 1 aromatic heterocycles. The molecule has 0 saturated carbocycles. The number of hydrogen-bond acceptors (Lipinski definition) is 5. The van der Waals surface area contributed by atoms with Crippen molar-refractivity contribution in [2.24, 2.45) is 21.8 Å². The molecule has 2 atom stereocenters. The summed E-state index contributed by atoms with van der Waals surface area (Å²) < 4.78 is 17.6. The van der Waals surface area contributed by atoms with E-state index in [1.165, 1.54) is 0 Å². The van der Waals surface area contributed by atoms with Gasteiger partial charge >= 0.3 is 0 Å². The van der Waals surface area contributed by atoms with E-state index >= 15 is 0 Å². The Kier molecular flexibility index (Phi) is 4.77. The van der Waals surface area contributed by atoms with Gasteiger partial charge in [-0.25, -0.2) is 9.98 Å². The second-order valence-corrected chi connectivity index (χ2v) is 7.84. The first kappa shape index (κ1) is 17.8. The second kappa shape index (κ2) is 7.22. The van der Waals surface area contributed by atoms with Crippen LogP contribution in [0.4, 0.5) is 0 Å². The number of benzene rings is 1. The molecule has 1 aromatic carbocycles. The van der Waals surface area contributed by atoms with E-state index in [2.05, 4.69) is 37.7 Å². The fourth-order valence-corrected chi connectivity index (χ4v) is 3.24. The number of fused-ring (bicyclic) bond motifs is 1. The molecule has 3 heterocycles. The van der Waals surface area contributed by atoms with Crippen molar-refractivity contribution in [2.45, 2.75) is 39.8 Å². The zero-order valence-corrected chi connectivity index (χ0v) is 16.3. The number of ether oxygens (including phenoxy) is 2. The summed E-state index contributed by atoms with van der Waals surface area (Å²) in [5.41, 5.74) is 1.50. The monoisotopic (exact) mass is 366 g/mol. The van der Waals surface area contributed by atoms with E-state index < -0.39 is 0 Å². The summed E-state index contributed by atoms with van der Waals surface area (Å²) in [5.74, 6) is 2.18. The Hall–Kier alpha value is -2.56. The molecule has 0 saturated heterocycles. The average molecular weight is 366 g/mol. The largest absolute Gasteiger partial charge is 0.476 e. The van der Waals surface area contributed by atoms with Gasteiger partial charge in [0.1, 0.15) is 24.0 Å². The van der Waals surface area contributed by atoms with Gasteiger partial charge in [-0.15, -0.1) is 0 Å². The Labute approximate surface area is 159 Å². The summed E-state index contributed by atoms with van der Waals surface area (Å²) in [6.07, 6.45) is 3.77. The third kappa shape index (κ3) is 3.64. The van der Waals surface area contributed by atoms with Crippen molar-refractivity contribution in [2.75, 3.05) is 13.2 Å². The van der Waals surface area contributed by atoms with Gasteiger partial charge in [-0.2, -0.15) is 0 Å². The van der Waals surface area contributed by atoms with E-state index in [9.17, 15) is 0 Å². The molecule has 0 bridgehead atoms. The molecular formula is C22H26N2O3. The Balaban J connectivity index is 1.77. The van der Waals surface area contributed by atoms with E-state index in [4.69, 9.17) is 13.9 Å². The third-order valence-corrected chi connectivity index (χ3v) is 5.12. The topological polar surface area (TPSA) is 56.3 Å². The zero-order valence-electron chi connectivity index (χ0n) is 16.3. The predicted molar refractivity (Wildman–Crippen MR) is 108 cm³/mol. The summed E-state index contributed by atoms with van der Waals surface area (Å²) in [4.78, 5) is 9.30. The van der Waals surface area contributed by atoms with Crippen LogP contribution >= 0.6 is 0 Å². The first-order valence-corrected chi connectivity index (χ1v) is 9.63. The number of furan rings is 1. The van der Waals surface area contributed by atoms with Crippen LogP contribution in [0.1, 0.15) is 27.7 Å². The highest BCUT2D eigenvalue weighted by Crippen LogP contribution is 2.16. The van der Waals surface area contributed by atoms with Crippen molar-refractivity contribution in [1.82, 2.24) is 0 Å². The minimum Gasteiger partial charge on any atom is -0.476 e. The Morgan fingerprint density at radius 2 is 1.26 bits per heavy atom. The maximum absolute atomic E-state index is 6.15. The molecule has 2 aromatic rings. The normalized spacial score (nSPS) is 23.9. The summed E-state index contributed by atoms with van der Waals surface area (Å²) in [6.45, 7) is 9.88. The lowest BCUT2D eigenvalue weighted by molar-refractivity contribution is 0.294. The number of rotatable bonds is 4. The highest BCUT2D eigenvalue weighted by Gasteiger charge is 2.22. The molecule has 142 valence electrons. The lowest BCUT2D eigenvalue weighted by atomic mass is 10.1. The van der Waals surface area contributed by atoms with Gasteiger partial charge in [-0.1, -0.05) is 52.0 Å². The highest BCUT2D eigenvalue weighted by molar-refractivity contribution is 6.08. The molecule has 5 nitrogen and oxygen atoms in total. The molecule has 0 aliphatic carbocycles. The maximum Gasteiger partial charge on any atom is 0.212 e. The summed E-state index contributed by atoms with van der Waals surface area (Å²) >= 11 is 0. The Bertz CT molecular complexity index is 934. The fraction of sp³-hybridized carbons (Fsp3) is 0.455. The van der Waals surface area contributed by atoms with E-state index in [0.717, 1.165) is 21.6 Å². The molecule has 0 unspecified atom stereocenters. The van der Waals surface area contributed by atoms with Crippen LogP contribution in [0.3, 0.4) is 0 Å². The van der Waals surface area contributed by atoms with Gasteiger partial charge in [-0.3, -0.25) is 0 Å². The van der Waals surface area contributed by atoms with Gasteiger partial charge in [0.25, 0.3) is 0 Å².